The van der Waals surface area contributed by atoms with Gasteiger partial charge in [-0.3, -0.25) is 14.8 Å². The lowest BCUT2D eigenvalue weighted by Crippen LogP contribution is -1.84. The van der Waals surface area contributed by atoms with Crippen molar-refractivity contribution in [3.63, 3.8) is 0 Å². The molecule has 5 heteroatoms. The lowest BCUT2D eigenvalue weighted by molar-refractivity contribution is 1.38. The molecule has 0 unspecified atom stereocenters. The number of rotatable bonds is 0. The van der Waals surface area contributed by atoms with Gasteiger partial charge in [-0.25, -0.2) is 0 Å². The van der Waals surface area contributed by atoms with Crippen LogP contribution in [0.3, 0.4) is 0 Å². The molecule has 18 heavy (non-hydrogen) atoms. The molecule has 3 heterocycles. The number of nitrogens with zero attached hydrogens (tertiary/aromatic N) is 2. The first-order valence-corrected chi connectivity index (χ1v) is 7.03. The van der Waals surface area contributed by atoms with E-state index < -0.39 is 0 Å². The molecule has 86 valence electrons. The summed E-state index contributed by atoms with van der Waals surface area (Å²) in [6, 6.07) is 7.79. The Morgan fingerprint density at radius 2 is 1.33 bits per heavy atom. The van der Waals surface area contributed by atoms with E-state index in [1.165, 1.54) is 22.7 Å². The Balaban J connectivity index is 2.50. The first-order chi connectivity index (χ1) is 8.84. The Morgan fingerprint density at radius 1 is 0.833 bits per heavy atom. The Morgan fingerprint density at radius 3 is 1.83 bits per heavy atom. The van der Waals surface area contributed by atoms with Crippen molar-refractivity contribution >= 4 is 53.9 Å². The average Bonchev–Trinajstić information content (AvgIpc) is 2.81. The van der Waals surface area contributed by atoms with Gasteiger partial charge < -0.3 is 0 Å². The normalized spacial score (nSPS) is 11.6. The fourth-order valence-corrected chi connectivity index (χ4v) is 4.39. The lowest BCUT2D eigenvalue weighted by atomic mass is 10.1. The minimum Gasteiger partial charge on any atom is -0.265 e. The molecule has 0 bridgehead atoms. The minimum absolute atomic E-state index is 0.117. The summed E-state index contributed by atoms with van der Waals surface area (Å²) >= 11 is 2.58. The van der Waals surface area contributed by atoms with Crippen LogP contribution < -0.4 is 4.06 Å². The zero-order valence-electron chi connectivity index (χ0n) is 9.08. The summed E-state index contributed by atoms with van der Waals surface area (Å²) in [7, 11) is 0. The zero-order chi connectivity index (χ0) is 12.1. The molecule has 0 fully saturated rings. The van der Waals surface area contributed by atoms with Crippen LogP contribution in [0.1, 0.15) is 0 Å². The van der Waals surface area contributed by atoms with Crippen LogP contribution in [0.4, 0.5) is 0 Å². The highest BCUT2D eigenvalue weighted by atomic mass is 32.2. The van der Waals surface area contributed by atoms with Crippen molar-refractivity contribution in [1.29, 1.82) is 0 Å². The standard InChI is InChI=1S/C13H6N2OS2/c16-13-17-11-7-3-1-5-14-9(7)10-8(12(11)18-13)4-2-6-15-10/h1-6H. The third kappa shape index (κ3) is 1.26. The molecule has 1 aromatic carbocycles. The molecular formula is C13H6N2OS2. The minimum atomic E-state index is 0.117. The van der Waals surface area contributed by atoms with Crippen LogP contribution >= 0.6 is 22.7 Å². The highest BCUT2D eigenvalue weighted by Crippen LogP contribution is 2.36. The van der Waals surface area contributed by atoms with E-state index >= 15 is 0 Å². The zero-order valence-corrected chi connectivity index (χ0v) is 10.7. The molecule has 0 aliphatic rings. The van der Waals surface area contributed by atoms with E-state index in [2.05, 4.69) is 9.97 Å². The van der Waals surface area contributed by atoms with Crippen LogP contribution in [0.5, 0.6) is 0 Å². The van der Waals surface area contributed by atoms with E-state index in [1.54, 1.807) is 12.4 Å². The third-order valence-electron chi connectivity index (χ3n) is 2.91. The first kappa shape index (κ1) is 10.1. The van der Waals surface area contributed by atoms with Gasteiger partial charge in [0, 0.05) is 23.2 Å². The molecule has 0 saturated heterocycles. The first-order valence-electron chi connectivity index (χ1n) is 5.39. The van der Waals surface area contributed by atoms with Crippen LogP contribution in [-0.4, -0.2) is 9.97 Å². The van der Waals surface area contributed by atoms with Gasteiger partial charge in [-0.05, 0) is 24.3 Å². The van der Waals surface area contributed by atoms with Crippen LogP contribution in [0.2, 0.25) is 0 Å². The molecule has 0 aliphatic heterocycles. The monoisotopic (exact) mass is 270 g/mol. The summed E-state index contributed by atoms with van der Waals surface area (Å²) in [6.07, 6.45) is 3.52. The summed E-state index contributed by atoms with van der Waals surface area (Å²) in [5.41, 5.74) is 1.74. The number of fused-ring (bicyclic) bond motifs is 6. The summed E-state index contributed by atoms with van der Waals surface area (Å²) in [6.45, 7) is 0. The molecule has 0 radical (unpaired) electrons. The lowest BCUT2D eigenvalue weighted by Gasteiger charge is -2.03. The summed E-state index contributed by atoms with van der Waals surface area (Å²) in [5, 5.41) is 2.03. The number of aromatic nitrogens is 2. The second kappa shape index (κ2) is 3.57. The molecule has 3 aromatic heterocycles. The molecule has 0 atom stereocenters. The fraction of sp³-hybridized carbons (Fsp3) is 0. The van der Waals surface area contributed by atoms with Gasteiger partial charge in [0.15, 0.2) is 0 Å². The topological polar surface area (TPSA) is 42.9 Å². The van der Waals surface area contributed by atoms with Crippen molar-refractivity contribution in [2.45, 2.75) is 0 Å². The van der Waals surface area contributed by atoms with Crippen LogP contribution in [0.25, 0.3) is 31.2 Å². The predicted octanol–water partition coefficient (Wildman–Crippen LogP) is 3.42. The molecule has 0 amide bonds. The van der Waals surface area contributed by atoms with E-state index in [4.69, 9.17) is 0 Å². The quantitative estimate of drug-likeness (QED) is 0.460. The highest BCUT2D eigenvalue weighted by molar-refractivity contribution is 7.36. The molecule has 0 aliphatic carbocycles. The van der Waals surface area contributed by atoms with Crippen molar-refractivity contribution in [3.8, 4) is 0 Å². The largest absolute Gasteiger partial charge is 0.288 e. The van der Waals surface area contributed by atoms with Gasteiger partial charge >= 0.3 is 0 Å². The predicted molar refractivity (Wildman–Crippen MR) is 76.6 cm³/mol. The van der Waals surface area contributed by atoms with Gasteiger partial charge in [-0.15, -0.1) is 0 Å². The number of hydrogen-bond donors (Lipinski definition) is 0. The van der Waals surface area contributed by atoms with Crippen molar-refractivity contribution < 1.29 is 0 Å². The second-order valence-electron chi connectivity index (χ2n) is 3.91. The Kier molecular flexibility index (Phi) is 2.00. The van der Waals surface area contributed by atoms with Crippen molar-refractivity contribution in [1.82, 2.24) is 9.97 Å². The van der Waals surface area contributed by atoms with Crippen LogP contribution in [-0.2, 0) is 0 Å². The van der Waals surface area contributed by atoms with E-state index in [1.807, 2.05) is 24.3 Å². The molecule has 4 aromatic rings. The summed E-state index contributed by atoms with van der Waals surface area (Å²) < 4.78 is 2.16. The van der Waals surface area contributed by atoms with Gasteiger partial charge in [0.2, 0.25) is 0 Å². The number of pyridine rings is 2. The highest BCUT2D eigenvalue weighted by Gasteiger charge is 2.12. The molecular weight excluding hydrogens is 264 g/mol. The maximum Gasteiger partial charge on any atom is 0.288 e. The van der Waals surface area contributed by atoms with Crippen molar-refractivity contribution in [2.75, 3.05) is 0 Å². The fourth-order valence-electron chi connectivity index (χ4n) is 2.19. The molecule has 4 rings (SSSR count). The van der Waals surface area contributed by atoms with E-state index in [0.29, 0.717) is 0 Å². The maximum absolute atomic E-state index is 11.7. The van der Waals surface area contributed by atoms with Crippen molar-refractivity contribution in [3.05, 3.63) is 45.5 Å². The molecule has 0 spiro atoms. The molecule has 3 nitrogen and oxygen atoms in total. The average molecular weight is 270 g/mol. The van der Waals surface area contributed by atoms with E-state index in [-0.39, 0.29) is 4.06 Å². The van der Waals surface area contributed by atoms with Gasteiger partial charge in [0.05, 0.1) is 20.4 Å². The third-order valence-corrected chi connectivity index (χ3v) is 5.12. The summed E-state index contributed by atoms with van der Waals surface area (Å²) in [4.78, 5) is 20.5. The SMILES string of the molecule is O=c1sc2c3cccnc3c3ncccc3c2s1. The van der Waals surface area contributed by atoms with Crippen LogP contribution in [0, 0.1) is 0 Å². The Hall–Kier alpha value is -1.85. The molecule has 0 saturated carbocycles. The Labute approximate surface area is 109 Å². The Bertz CT molecular complexity index is 880. The van der Waals surface area contributed by atoms with E-state index in [9.17, 15) is 4.79 Å². The van der Waals surface area contributed by atoms with Gasteiger partial charge in [0.25, 0.3) is 4.06 Å². The van der Waals surface area contributed by atoms with Gasteiger partial charge in [-0.1, -0.05) is 22.7 Å². The maximum atomic E-state index is 11.7. The molecule has 0 N–H and O–H groups in total. The smallest absolute Gasteiger partial charge is 0.265 e. The van der Waals surface area contributed by atoms with Gasteiger partial charge in [-0.2, -0.15) is 0 Å². The number of hydrogen-bond acceptors (Lipinski definition) is 5. The second-order valence-corrected chi connectivity index (χ2v) is 6.14. The van der Waals surface area contributed by atoms with Crippen molar-refractivity contribution in [2.24, 2.45) is 0 Å². The summed E-state index contributed by atoms with van der Waals surface area (Å²) in [5.74, 6) is 0. The van der Waals surface area contributed by atoms with Gasteiger partial charge in [0.1, 0.15) is 0 Å². The number of benzene rings is 1. The van der Waals surface area contributed by atoms with E-state index in [0.717, 1.165) is 31.2 Å². The van der Waals surface area contributed by atoms with Crippen LogP contribution in [0.15, 0.2) is 41.5 Å².